The second-order valence-electron chi connectivity index (χ2n) is 4.70. The van der Waals surface area contributed by atoms with Crippen LogP contribution in [0.5, 0.6) is 5.75 Å². The average molecular weight is 418 g/mol. The number of halogens is 2. The van der Waals surface area contributed by atoms with E-state index in [1.807, 2.05) is 42.5 Å². The molecule has 124 valence electrons. The molecule has 0 heterocycles. The summed E-state index contributed by atoms with van der Waals surface area (Å²) in [4.78, 5) is 0. The van der Waals surface area contributed by atoms with Gasteiger partial charge in [-0.05, 0) is 39.7 Å². The van der Waals surface area contributed by atoms with E-state index in [4.69, 9.17) is 29.6 Å². The fourth-order valence-electron chi connectivity index (χ4n) is 2.21. The summed E-state index contributed by atoms with van der Waals surface area (Å²) < 4.78 is 23.5. The molecule has 0 saturated carbocycles. The van der Waals surface area contributed by atoms with Crippen LogP contribution in [0.25, 0.3) is 0 Å². The minimum absolute atomic E-state index is 0.397. The van der Waals surface area contributed by atoms with Crippen LogP contribution >= 0.6 is 27.5 Å². The van der Waals surface area contributed by atoms with Gasteiger partial charge in [0.25, 0.3) is 0 Å². The SMILES string of the molecule is CO[Si](OC)(OC)c1cccc(Br)c1OCc1ccc(Cl)cc1. The summed E-state index contributed by atoms with van der Waals surface area (Å²) in [5.41, 5.74) is 1.01. The molecule has 0 aliphatic carbocycles. The van der Waals surface area contributed by atoms with Crippen molar-refractivity contribution in [3.05, 3.63) is 57.5 Å². The molecule has 0 bridgehead atoms. The lowest BCUT2D eigenvalue weighted by Crippen LogP contribution is -2.55. The maximum absolute atomic E-state index is 6.01. The molecular formula is C16H18BrClO4Si. The molecule has 0 aromatic heterocycles. The van der Waals surface area contributed by atoms with Crippen molar-refractivity contribution in [2.24, 2.45) is 0 Å². The van der Waals surface area contributed by atoms with E-state index in [0.717, 1.165) is 15.2 Å². The van der Waals surface area contributed by atoms with Crippen LogP contribution in [0.4, 0.5) is 0 Å². The molecule has 23 heavy (non-hydrogen) atoms. The van der Waals surface area contributed by atoms with E-state index in [0.29, 0.717) is 17.4 Å². The first-order chi connectivity index (χ1) is 11.1. The van der Waals surface area contributed by atoms with Gasteiger partial charge in [-0.25, -0.2) is 0 Å². The monoisotopic (exact) mass is 416 g/mol. The van der Waals surface area contributed by atoms with Crippen LogP contribution in [0.2, 0.25) is 5.02 Å². The highest BCUT2D eigenvalue weighted by molar-refractivity contribution is 9.10. The predicted molar refractivity (Wildman–Crippen MR) is 96.3 cm³/mol. The lowest BCUT2D eigenvalue weighted by atomic mass is 10.2. The van der Waals surface area contributed by atoms with E-state index in [1.165, 1.54) is 0 Å². The third-order valence-electron chi connectivity index (χ3n) is 3.40. The van der Waals surface area contributed by atoms with Crippen LogP contribution < -0.4 is 9.92 Å². The summed E-state index contributed by atoms with van der Waals surface area (Å²) in [7, 11) is 1.72. The minimum atomic E-state index is -2.99. The molecule has 0 unspecified atom stereocenters. The number of hydrogen-bond acceptors (Lipinski definition) is 4. The third kappa shape index (κ3) is 4.15. The first kappa shape index (κ1) is 18.4. The number of para-hydroxylation sites is 1. The standard InChI is InChI=1S/C16H18BrClO4Si/c1-19-23(20-2,21-3)15-6-4-5-14(17)16(15)22-11-12-7-9-13(18)10-8-12/h4-10H,11H2,1-3H3. The molecule has 2 rings (SSSR count). The van der Waals surface area contributed by atoms with Crippen molar-refractivity contribution in [2.75, 3.05) is 21.3 Å². The van der Waals surface area contributed by atoms with Gasteiger partial charge < -0.3 is 18.0 Å². The van der Waals surface area contributed by atoms with Crippen molar-refractivity contribution in [2.45, 2.75) is 6.61 Å². The molecule has 0 aliphatic heterocycles. The zero-order valence-electron chi connectivity index (χ0n) is 13.1. The number of ether oxygens (including phenoxy) is 1. The van der Waals surface area contributed by atoms with Gasteiger partial charge in [-0.3, -0.25) is 0 Å². The molecule has 0 atom stereocenters. The summed E-state index contributed by atoms with van der Waals surface area (Å²) in [6.07, 6.45) is 0. The van der Waals surface area contributed by atoms with Crippen LogP contribution in [0.3, 0.4) is 0 Å². The molecule has 0 fully saturated rings. The van der Waals surface area contributed by atoms with Crippen molar-refractivity contribution in [1.82, 2.24) is 0 Å². The second-order valence-corrected chi connectivity index (χ2v) is 8.87. The van der Waals surface area contributed by atoms with Gasteiger partial charge in [0.15, 0.2) is 0 Å². The molecule has 7 heteroatoms. The van der Waals surface area contributed by atoms with Gasteiger partial charge in [0, 0.05) is 26.4 Å². The van der Waals surface area contributed by atoms with Gasteiger partial charge in [0.05, 0.1) is 9.66 Å². The molecule has 2 aromatic rings. The molecule has 0 radical (unpaired) electrons. The fraction of sp³-hybridized carbons (Fsp3) is 0.250. The highest BCUT2D eigenvalue weighted by Crippen LogP contribution is 2.27. The first-order valence-electron chi connectivity index (χ1n) is 6.88. The lowest BCUT2D eigenvalue weighted by molar-refractivity contribution is 0.139. The van der Waals surface area contributed by atoms with Gasteiger partial charge in [-0.1, -0.05) is 35.9 Å². The Bertz CT molecular complexity index is 639. The van der Waals surface area contributed by atoms with Gasteiger partial charge in [0.1, 0.15) is 12.4 Å². The van der Waals surface area contributed by atoms with Crippen molar-refractivity contribution in [3.8, 4) is 5.75 Å². The molecule has 0 amide bonds. The minimum Gasteiger partial charge on any atom is -0.488 e. The zero-order valence-corrected chi connectivity index (χ0v) is 16.5. The summed E-state index contributed by atoms with van der Waals surface area (Å²) in [6, 6.07) is 13.2. The topological polar surface area (TPSA) is 36.9 Å². The maximum Gasteiger partial charge on any atom is 0.540 e. The van der Waals surface area contributed by atoms with E-state index < -0.39 is 8.80 Å². The van der Waals surface area contributed by atoms with Crippen LogP contribution in [0.15, 0.2) is 46.9 Å². The largest absolute Gasteiger partial charge is 0.540 e. The summed E-state index contributed by atoms with van der Waals surface area (Å²) in [5, 5.41) is 1.47. The van der Waals surface area contributed by atoms with Crippen molar-refractivity contribution in [3.63, 3.8) is 0 Å². The van der Waals surface area contributed by atoms with Crippen LogP contribution in [-0.2, 0) is 19.9 Å². The van der Waals surface area contributed by atoms with Gasteiger partial charge in [-0.2, -0.15) is 0 Å². The molecule has 0 N–H and O–H groups in total. The van der Waals surface area contributed by atoms with Gasteiger partial charge >= 0.3 is 8.80 Å². The van der Waals surface area contributed by atoms with E-state index >= 15 is 0 Å². The van der Waals surface area contributed by atoms with Crippen LogP contribution in [0, 0.1) is 0 Å². The molecular weight excluding hydrogens is 400 g/mol. The number of rotatable bonds is 7. The predicted octanol–water partition coefficient (Wildman–Crippen LogP) is 3.77. The summed E-state index contributed by atoms with van der Waals surface area (Å²) in [6.45, 7) is 0.397. The van der Waals surface area contributed by atoms with E-state index in [1.54, 1.807) is 21.3 Å². The smallest absolute Gasteiger partial charge is 0.488 e. The fourth-order valence-corrected chi connectivity index (χ4v) is 4.95. The molecule has 0 saturated heterocycles. The summed E-state index contributed by atoms with van der Waals surface area (Å²) in [5.74, 6) is 0.652. The Morgan fingerprint density at radius 3 is 2.13 bits per heavy atom. The Labute approximate surface area is 150 Å². The van der Waals surface area contributed by atoms with E-state index in [2.05, 4.69) is 15.9 Å². The van der Waals surface area contributed by atoms with Gasteiger partial charge in [0.2, 0.25) is 0 Å². The molecule has 0 spiro atoms. The lowest BCUT2D eigenvalue weighted by Gasteiger charge is -2.26. The average Bonchev–Trinajstić information content (AvgIpc) is 2.58. The zero-order chi connectivity index (χ0) is 16.9. The number of benzene rings is 2. The Hall–Kier alpha value is -0.893. The molecule has 0 aliphatic rings. The van der Waals surface area contributed by atoms with E-state index in [-0.39, 0.29) is 0 Å². The Balaban J connectivity index is 2.32. The molecule has 2 aromatic carbocycles. The Morgan fingerprint density at radius 2 is 1.57 bits per heavy atom. The van der Waals surface area contributed by atoms with E-state index in [9.17, 15) is 0 Å². The van der Waals surface area contributed by atoms with Crippen molar-refractivity contribution >= 4 is 41.5 Å². The summed E-state index contributed by atoms with van der Waals surface area (Å²) >= 11 is 9.42. The van der Waals surface area contributed by atoms with Gasteiger partial charge in [-0.15, -0.1) is 0 Å². The highest BCUT2D eigenvalue weighted by Gasteiger charge is 2.44. The normalized spacial score (nSPS) is 11.5. The van der Waals surface area contributed by atoms with Crippen molar-refractivity contribution in [1.29, 1.82) is 0 Å². The second kappa shape index (κ2) is 8.28. The number of hydrogen-bond donors (Lipinski definition) is 0. The Morgan fingerprint density at radius 1 is 0.957 bits per heavy atom. The van der Waals surface area contributed by atoms with Crippen molar-refractivity contribution < 1.29 is 18.0 Å². The molecule has 4 nitrogen and oxygen atoms in total. The Kier molecular flexibility index (Phi) is 6.64. The van der Waals surface area contributed by atoms with Crippen LogP contribution in [0.1, 0.15) is 5.56 Å². The third-order valence-corrected chi connectivity index (χ3v) is 6.94. The quantitative estimate of drug-likeness (QED) is 0.643. The highest BCUT2D eigenvalue weighted by atomic mass is 79.9. The van der Waals surface area contributed by atoms with Crippen LogP contribution in [-0.4, -0.2) is 30.1 Å². The maximum atomic E-state index is 6.01. The first-order valence-corrected chi connectivity index (χ1v) is 9.77.